The molecule has 0 fully saturated rings. The minimum absolute atomic E-state index is 0.585. The highest BCUT2D eigenvalue weighted by Crippen LogP contribution is 2.16. The fraction of sp³-hybridized carbons (Fsp3) is 0.533. The number of hydrogen-bond donors (Lipinski definition) is 1. The van der Waals surface area contributed by atoms with Gasteiger partial charge in [-0.25, -0.2) is 4.79 Å². The number of aryl methyl sites for hydroxylation is 1. The maximum absolute atomic E-state index is 11.2. The summed E-state index contributed by atoms with van der Waals surface area (Å²) in [7, 11) is 0. The fourth-order valence-corrected chi connectivity index (χ4v) is 1.93. The van der Waals surface area contributed by atoms with Crippen LogP contribution in [0.1, 0.15) is 44.6 Å². The van der Waals surface area contributed by atoms with E-state index in [2.05, 4.69) is 6.92 Å². The molecule has 0 bridgehead atoms. The number of amides is 1. The van der Waals surface area contributed by atoms with Crippen LogP contribution in [0.25, 0.3) is 0 Å². The van der Waals surface area contributed by atoms with Crippen LogP contribution in [0.5, 0.6) is 0 Å². The molecule has 0 aliphatic heterocycles. The summed E-state index contributed by atoms with van der Waals surface area (Å²) in [5, 5.41) is 9.22. The predicted octanol–water partition coefficient (Wildman–Crippen LogP) is 4.45. The number of anilines is 1. The first-order valence-electron chi connectivity index (χ1n) is 6.72. The van der Waals surface area contributed by atoms with Crippen LogP contribution in [0.2, 0.25) is 0 Å². The van der Waals surface area contributed by atoms with Gasteiger partial charge in [-0.05, 0) is 25.5 Å². The second kappa shape index (κ2) is 7.75. The van der Waals surface area contributed by atoms with Crippen LogP contribution < -0.4 is 4.90 Å². The lowest BCUT2D eigenvalue weighted by atomic mass is 10.1. The Kier molecular flexibility index (Phi) is 6.26. The molecule has 100 valence electrons. The highest BCUT2D eigenvalue weighted by molar-refractivity contribution is 5.85. The van der Waals surface area contributed by atoms with Crippen molar-refractivity contribution in [3.63, 3.8) is 0 Å². The standard InChI is InChI=1S/C15H23NO2/c1-3-4-5-6-7-12-16(15(17)18)14-10-8-13(2)9-11-14/h8-11H,3-7,12H2,1-2H3,(H,17,18). The van der Waals surface area contributed by atoms with Gasteiger partial charge in [-0.1, -0.05) is 50.3 Å². The molecule has 0 aliphatic carbocycles. The maximum atomic E-state index is 11.2. The van der Waals surface area contributed by atoms with Crippen LogP contribution in [-0.4, -0.2) is 17.7 Å². The molecule has 0 saturated carbocycles. The number of rotatable bonds is 7. The lowest BCUT2D eigenvalue weighted by Gasteiger charge is -2.19. The smallest absolute Gasteiger partial charge is 0.411 e. The molecule has 0 aliphatic rings. The van der Waals surface area contributed by atoms with E-state index in [1.165, 1.54) is 24.2 Å². The van der Waals surface area contributed by atoms with E-state index in [0.717, 1.165) is 24.1 Å². The fourth-order valence-electron chi connectivity index (χ4n) is 1.93. The van der Waals surface area contributed by atoms with Crippen LogP contribution in [-0.2, 0) is 0 Å². The van der Waals surface area contributed by atoms with E-state index < -0.39 is 6.09 Å². The molecule has 3 nitrogen and oxygen atoms in total. The number of benzene rings is 1. The van der Waals surface area contributed by atoms with Crippen LogP contribution in [0.3, 0.4) is 0 Å². The first-order chi connectivity index (χ1) is 8.65. The van der Waals surface area contributed by atoms with Gasteiger partial charge in [0, 0.05) is 12.2 Å². The van der Waals surface area contributed by atoms with E-state index in [-0.39, 0.29) is 0 Å². The Morgan fingerprint density at radius 2 is 1.72 bits per heavy atom. The lowest BCUT2D eigenvalue weighted by Crippen LogP contribution is -2.30. The Morgan fingerprint density at radius 1 is 1.11 bits per heavy atom. The van der Waals surface area contributed by atoms with Gasteiger partial charge in [0.25, 0.3) is 0 Å². The predicted molar refractivity (Wildman–Crippen MR) is 75.3 cm³/mol. The topological polar surface area (TPSA) is 40.5 Å². The van der Waals surface area contributed by atoms with E-state index in [1.807, 2.05) is 31.2 Å². The molecule has 0 aromatic heterocycles. The molecule has 0 radical (unpaired) electrons. The van der Waals surface area contributed by atoms with Crippen LogP contribution in [0, 0.1) is 6.92 Å². The van der Waals surface area contributed by atoms with Crippen LogP contribution >= 0.6 is 0 Å². The monoisotopic (exact) mass is 249 g/mol. The Labute approximate surface area is 109 Å². The number of unbranched alkanes of at least 4 members (excludes halogenated alkanes) is 4. The van der Waals surface area contributed by atoms with Crippen molar-refractivity contribution in [3.05, 3.63) is 29.8 Å². The second-order valence-electron chi connectivity index (χ2n) is 4.68. The van der Waals surface area contributed by atoms with Gasteiger partial charge in [-0.3, -0.25) is 4.90 Å². The van der Waals surface area contributed by atoms with Crippen molar-refractivity contribution in [3.8, 4) is 0 Å². The summed E-state index contributed by atoms with van der Waals surface area (Å²) in [5.74, 6) is 0. The SMILES string of the molecule is CCCCCCCN(C(=O)O)c1ccc(C)cc1. The summed E-state index contributed by atoms with van der Waals surface area (Å²) in [6.45, 7) is 4.76. The summed E-state index contributed by atoms with van der Waals surface area (Å²) in [5.41, 5.74) is 1.91. The number of carboxylic acid groups (broad SMARTS) is 1. The van der Waals surface area contributed by atoms with Crippen molar-refractivity contribution < 1.29 is 9.90 Å². The zero-order valence-electron chi connectivity index (χ0n) is 11.4. The summed E-state index contributed by atoms with van der Waals surface area (Å²) in [6, 6.07) is 7.63. The van der Waals surface area contributed by atoms with Crippen LogP contribution in [0.4, 0.5) is 10.5 Å². The molecule has 0 unspecified atom stereocenters. The highest BCUT2D eigenvalue weighted by Gasteiger charge is 2.13. The zero-order chi connectivity index (χ0) is 13.4. The second-order valence-corrected chi connectivity index (χ2v) is 4.68. The average molecular weight is 249 g/mol. The van der Waals surface area contributed by atoms with Gasteiger partial charge in [0.2, 0.25) is 0 Å². The molecule has 0 spiro atoms. The van der Waals surface area contributed by atoms with Crippen molar-refractivity contribution in [2.75, 3.05) is 11.4 Å². The summed E-state index contributed by atoms with van der Waals surface area (Å²) in [4.78, 5) is 12.7. The largest absolute Gasteiger partial charge is 0.465 e. The van der Waals surface area contributed by atoms with Gasteiger partial charge in [-0.2, -0.15) is 0 Å². The molecule has 18 heavy (non-hydrogen) atoms. The summed E-state index contributed by atoms with van der Waals surface area (Å²) >= 11 is 0. The molecule has 0 atom stereocenters. The molecule has 1 aromatic carbocycles. The Hall–Kier alpha value is -1.51. The first-order valence-corrected chi connectivity index (χ1v) is 6.72. The molecule has 1 N–H and O–H groups in total. The molecule has 1 rings (SSSR count). The summed E-state index contributed by atoms with van der Waals surface area (Å²) < 4.78 is 0. The Balaban J connectivity index is 2.50. The van der Waals surface area contributed by atoms with E-state index in [4.69, 9.17) is 0 Å². The normalized spacial score (nSPS) is 10.3. The van der Waals surface area contributed by atoms with Gasteiger partial charge >= 0.3 is 6.09 Å². The third-order valence-electron chi connectivity index (χ3n) is 3.06. The number of nitrogens with zero attached hydrogens (tertiary/aromatic N) is 1. The van der Waals surface area contributed by atoms with Gasteiger partial charge in [0.15, 0.2) is 0 Å². The highest BCUT2D eigenvalue weighted by atomic mass is 16.4. The first kappa shape index (κ1) is 14.6. The molecule has 0 heterocycles. The van der Waals surface area contributed by atoms with Crippen molar-refractivity contribution in [2.24, 2.45) is 0 Å². The van der Waals surface area contributed by atoms with E-state index >= 15 is 0 Å². The Morgan fingerprint density at radius 3 is 2.28 bits per heavy atom. The zero-order valence-corrected chi connectivity index (χ0v) is 11.4. The minimum atomic E-state index is -0.866. The van der Waals surface area contributed by atoms with Crippen molar-refractivity contribution in [1.82, 2.24) is 0 Å². The quantitative estimate of drug-likeness (QED) is 0.725. The van der Waals surface area contributed by atoms with Crippen molar-refractivity contribution in [1.29, 1.82) is 0 Å². The molecular weight excluding hydrogens is 226 g/mol. The molecule has 3 heteroatoms. The minimum Gasteiger partial charge on any atom is -0.465 e. The van der Waals surface area contributed by atoms with E-state index in [9.17, 15) is 9.90 Å². The van der Waals surface area contributed by atoms with Gasteiger partial charge in [-0.15, -0.1) is 0 Å². The third kappa shape index (κ3) is 4.78. The number of carbonyl (C=O) groups is 1. The average Bonchev–Trinajstić information content (AvgIpc) is 2.35. The van der Waals surface area contributed by atoms with Crippen LogP contribution in [0.15, 0.2) is 24.3 Å². The molecular formula is C15H23NO2. The van der Waals surface area contributed by atoms with E-state index in [1.54, 1.807) is 0 Å². The molecule has 1 amide bonds. The lowest BCUT2D eigenvalue weighted by molar-refractivity contribution is 0.201. The Bertz CT molecular complexity index is 359. The molecule has 0 saturated heterocycles. The molecule has 1 aromatic rings. The summed E-state index contributed by atoms with van der Waals surface area (Å²) in [6.07, 6.45) is 4.80. The van der Waals surface area contributed by atoms with Gasteiger partial charge in [0.05, 0.1) is 0 Å². The maximum Gasteiger partial charge on any atom is 0.411 e. The third-order valence-corrected chi connectivity index (χ3v) is 3.06. The number of hydrogen-bond acceptors (Lipinski definition) is 1. The van der Waals surface area contributed by atoms with Crippen molar-refractivity contribution in [2.45, 2.75) is 46.0 Å². The van der Waals surface area contributed by atoms with Crippen molar-refractivity contribution >= 4 is 11.8 Å². The van der Waals surface area contributed by atoms with Gasteiger partial charge < -0.3 is 5.11 Å². The van der Waals surface area contributed by atoms with E-state index in [0.29, 0.717) is 6.54 Å². The van der Waals surface area contributed by atoms with Gasteiger partial charge in [0.1, 0.15) is 0 Å².